The normalized spacial score (nSPS) is 12.5. The van der Waals surface area contributed by atoms with Crippen LogP contribution in [0.1, 0.15) is 25.0 Å². The molecule has 1 unspecified atom stereocenters. The third-order valence-corrected chi connectivity index (χ3v) is 2.65. The number of nitrogens with one attached hydrogen (secondary N) is 1. The van der Waals surface area contributed by atoms with Gasteiger partial charge in [0, 0.05) is 12.6 Å². The van der Waals surface area contributed by atoms with Gasteiger partial charge in [-0.15, -0.1) is 0 Å². The molecule has 0 aliphatic heterocycles. The van der Waals surface area contributed by atoms with E-state index in [1.54, 1.807) is 7.11 Å². The summed E-state index contributed by atoms with van der Waals surface area (Å²) in [5, 5.41) is 12.2. The van der Waals surface area contributed by atoms with Gasteiger partial charge in [-0.1, -0.05) is 19.1 Å². The van der Waals surface area contributed by atoms with Crippen LogP contribution in [0.4, 0.5) is 0 Å². The molecule has 0 amide bonds. The molecule has 3 heteroatoms. The van der Waals surface area contributed by atoms with Crippen LogP contribution < -0.4 is 10.1 Å². The predicted molar refractivity (Wildman–Crippen MR) is 65.8 cm³/mol. The molecule has 1 aromatic rings. The monoisotopic (exact) mass is 223 g/mol. The van der Waals surface area contributed by atoms with Crippen molar-refractivity contribution < 1.29 is 9.84 Å². The van der Waals surface area contributed by atoms with Crippen molar-refractivity contribution in [3.8, 4) is 5.75 Å². The highest BCUT2D eigenvalue weighted by Crippen LogP contribution is 2.20. The molecule has 0 radical (unpaired) electrons. The Morgan fingerprint density at radius 2 is 2.19 bits per heavy atom. The van der Waals surface area contributed by atoms with Gasteiger partial charge in [0.15, 0.2) is 0 Å². The van der Waals surface area contributed by atoms with Crippen molar-refractivity contribution >= 4 is 0 Å². The fourth-order valence-electron chi connectivity index (χ4n) is 1.57. The minimum atomic E-state index is 0.132. The van der Waals surface area contributed by atoms with E-state index in [0.717, 1.165) is 18.7 Å². The SMILES string of the molecule is CCc1cc(CNC(C)CO)ccc1OC. The van der Waals surface area contributed by atoms with Gasteiger partial charge in [0.05, 0.1) is 13.7 Å². The molecule has 0 bridgehead atoms. The summed E-state index contributed by atoms with van der Waals surface area (Å²) < 4.78 is 5.28. The number of benzene rings is 1. The molecule has 16 heavy (non-hydrogen) atoms. The summed E-state index contributed by atoms with van der Waals surface area (Å²) in [6.45, 7) is 5.02. The Labute approximate surface area is 97.4 Å². The van der Waals surface area contributed by atoms with Crippen LogP contribution in [0.5, 0.6) is 5.75 Å². The lowest BCUT2D eigenvalue weighted by Crippen LogP contribution is -2.28. The van der Waals surface area contributed by atoms with Crippen molar-refractivity contribution in [2.45, 2.75) is 32.9 Å². The molecule has 3 nitrogen and oxygen atoms in total. The van der Waals surface area contributed by atoms with Gasteiger partial charge in [0.25, 0.3) is 0 Å². The maximum Gasteiger partial charge on any atom is 0.122 e. The van der Waals surface area contributed by atoms with E-state index < -0.39 is 0 Å². The Kier molecular flexibility index (Phi) is 5.29. The molecule has 0 aliphatic rings. The zero-order chi connectivity index (χ0) is 12.0. The second-order valence-electron chi connectivity index (χ2n) is 3.96. The summed E-state index contributed by atoms with van der Waals surface area (Å²) in [7, 11) is 1.69. The molecule has 0 aliphatic carbocycles. The van der Waals surface area contributed by atoms with Crippen molar-refractivity contribution in [2.24, 2.45) is 0 Å². The Balaban J connectivity index is 2.67. The first kappa shape index (κ1) is 13.0. The largest absolute Gasteiger partial charge is 0.496 e. The number of methoxy groups -OCH3 is 1. The van der Waals surface area contributed by atoms with Gasteiger partial charge >= 0.3 is 0 Å². The number of hydrogen-bond donors (Lipinski definition) is 2. The van der Waals surface area contributed by atoms with Crippen LogP contribution >= 0.6 is 0 Å². The van der Waals surface area contributed by atoms with E-state index in [2.05, 4.69) is 24.4 Å². The van der Waals surface area contributed by atoms with Crippen LogP contribution in [0, 0.1) is 0 Å². The smallest absolute Gasteiger partial charge is 0.122 e. The van der Waals surface area contributed by atoms with E-state index in [9.17, 15) is 0 Å². The predicted octanol–water partition coefficient (Wildman–Crippen LogP) is 1.73. The zero-order valence-corrected chi connectivity index (χ0v) is 10.3. The number of rotatable bonds is 6. The molecule has 1 atom stereocenters. The number of hydrogen-bond acceptors (Lipinski definition) is 3. The lowest BCUT2D eigenvalue weighted by Gasteiger charge is -2.13. The molecular weight excluding hydrogens is 202 g/mol. The molecule has 0 aromatic heterocycles. The first-order chi connectivity index (χ1) is 7.71. The van der Waals surface area contributed by atoms with Gasteiger partial charge in [-0.3, -0.25) is 0 Å². The fraction of sp³-hybridized carbons (Fsp3) is 0.538. The Morgan fingerprint density at radius 1 is 1.44 bits per heavy atom. The van der Waals surface area contributed by atoms with Gasteiger partial charge in [-0.25, -0.2) is 0 Å². The molecule has 0 spiro atoms. The zero-order valence-electron chi connectivity index (χ0n) is 10.3. The second kappa shape index (κ2) is 6.51. The van der Waals surface area contributed by atoms with Crippen LogP contribution in [-0.2, 0) is 13.0 Å². The summed E-state index contributed by atoms with van der Waals surface area (Å²) in [5.74, 6) is 0.946. The third-order valence-electron chi connectivity index (χ3n) is 2.65. The number of ether oxygens (including phenoxy) is 1. The molecule has 1 aromatic carbocycles. The van der Waals surface area contributed by atoms with Crippen molar-refractivity contribution in [1.29, 1.82) is 0 Å². The highest BCUT2D eigenvalue weighted by molar-refractivity contribution is 5.37. The number of aliphatic hydroxyl groups excluding tert-OH is 1. The highest BCUT2D eigenvalue weighted by Gasteiger charge is 2.03. The lowest BCUT2D eigenvalue weighted by molar-refractivity contribution is 0.251. The summed E-state index contributed by atoms with van der Waals surface area (Å²) >= 11 is 0. The van der Waals surface area contributed by atoms with E-state index in [-0.39, 0.29) is 12.6 Å². The van der Waals surface area contributed by atoms with Crippen LogP contribution in [0.2, 0.25) is 0 Å². The average Bonchev–Trinajstić information content (AvgIpc) is 2.35. The summed E-state index contributed by atoms with van der Waals surface area (Å²) in [4.78, 5) is 0. The van der Waals surface area contributed by atoms with Crippen molar-refractivity contribution in [3.63, 3.8) is 0 Å². The van der Waals surface area contributed by atoms with Crippen molar-refractivity contribution in [2.75, 3.05) is 13.7 Å². The molecule has 90 valence electrons. The Morgan fingerprint density at radius 3 is 2.75 bits per heavy atom. The second-order valence-corrected chi connectivity index (χ2v) is 3.96. The van der Waals surface area contributed by atoms with Crippen LogP contribution in [0.15, 0.2) is 18.2 Å². The van der Waals surface area contributed by atoms with Gasteiger partial charge in [-0.05, 0) is 30.5 Å². The van der Waals surface area contributed by atoms with Crippen molar-refractivity contribution in [1.82, 2.24) is 5.32 Å². The molecule has 0 heterocycles. The quantitative estimate of drug-likeness (QED) is 0.771. The molecular formula is C13H21NO2. The van der Waals surface area contributed by atoms with E-state index >= 15 is 0 Å². The maximum atomic E-state index is 8.91. The number of aliphatic hydroxyl groups is 1. The minimum Gasteiger partial charge on any atom is -0.496 e. The fourth-order valence-corrected chi connectivity index (χ4v) is 1.57. The molecule has 0 fully saturated rings. The number of aryl methyl sites for hydroxylation is 1. The van der Waals surface area contributed by atoms with Crippen LogP contribution in [-0.4, -0.2) is 24.9 Å². The average molecular weight is 223 g/mol. The highest BCUT2D eigenvalue weighted by atomic mass is 16.5. The molecule has 0 saturated heterocycles. The first-order valence-electron chi connectivity index (χ1n) is 5.71. The summed E-state index contributed by atoms with van der Waals surface area (Å²) in [6.07, 6.45) is 0.965. The topological polar surface area (TPSA) is 41.5 Å². The van der Waals surface area contributed by atoms with Crippen LogP contribution in [0.25, 0.3) is 0 Å². The standard InChI is InChI=1S/C13H21NO2/c1-4-12-7-11(5-6-13(12)16-3)8-14-10(2)9-15/h5-7,10,14-15H,4,8-9H2,1-3H3. The minimum absolute atomic E-state index is 0.132. The first-order valence-corrected chi connectivity index (χ1v) is 5.71. The van der Waals surface area contributed by atoms with E-state index in [4.69, 9.17) is 9.84 Å². The Hall–Kier alpha value is -1.06. The van der Waals surface area contributed by atoms with Crippen LogP contribution in [0.3, 0.4) is 0 Å². The molecule has 2 N–H and O–H groups in total. The lowest BCUT2D eigenvalue weighted by atomic mass is 10.1. The van der Waals surface area contributed by atoms with Gasteiger partial charge < -0.3 is 15.2 Å². The summed E-state index contributed by atoms with van der Waals surface area (Å²) in [5.41, 5.74) is 2.44. The van der Waals surface area contributed by atoms with Gasteiger partial charge in [0.2, 0.25) is 0 Å². The molecule has 0 saturated carbocycles. The molecule has 1 rings (SSSR count). The van der Waals surface area contributed by atoms with Crippen molar-refractivity contribution in [3.05, 3.63) is 29.3 Å². The van der Waals surface area contributed by atoms with Gasteiger partial charge in [0.1, 0.15) is 5.75 Å². The Bertz CT molecular complexity index is 326. The third kappa shape index (κ3) is 3.51. The van der Waals surface area contributed by atoms with Gasteiger partial charge in [-0.2, -0.15) is 0 Å². The van der Waals surface area contributed by atoms with E-state index in [0.29, 0.717) is 0 Å². The van der Waals surface area contributed by atoms with E-state index in [1.165, 1.54) is 11.1 Å². The van der Waals surface area contributed by atoms with E-state index in [1.807, 2.05) is 13.0 Å². The maximum absolute atomic E-state index is 8.91. The summed E-state index contributed by atoms with van der Waals surface area (Å²) in [6, 6.07) is 6.33.